The van der Waals surface area contributed by atoms with Gasteiger partial charge in [0.2, 0.25) is 5.91 Å². The SMILES string of the molecule is C=C(C)C(N)=O.CC=C(C)C(=O)O.OCCO. The van der Waals surface area contributed by atoms with Crippen LogP contribution in [0, 0.1) is 0 Å². The molecule has 0 aromatic carbocycles. The molecule has 1 amide bonds. The molecule has 0 aliphatic heterocycles. The third-order valence-corrected chi connectivity index (χ3v) is 1.29. The summed E-state index contributed by atoms with van der Waals surface area (Å²) in [5.41, 5.74) is 5.48. The van der Waals surface area contributed by atoms with E-state index in [0.717, 1.165) is 0 Å². The van der Waals surface area contributed by atoms with E-state index < -0.39 is 11.9 Å². The van der Waals surface area contributed by atoms with Gasteiger partial charge in [0.25, 0.3) is 0 Å². The van der Waals surface area contributed by atoms with Gasteiger partial charge < -0.3 is 21.1 Å². The molecule has 0 heterocycles. The van der Waals surface area contributed by atoms with Gasteiger partial charge in [-0.15, -0.1) is 0 Å². The predicted octanol–water partition coefficient (Wildman–Crippen LogP) is 0.0560. The van der Waals surface area contributed by atoms with Crippen molar-refractivity contribution in [3.05, 3.63) is 23.8 Å². The van der Waals surface area contributed by atoms with Crippen LogP contribution in [0.5, 0.6) is 0 Å². The molecule has 0 aromatic heterocycles. The molecular weight excluding hydrogens is 226 g/mol. The van der Waals surface area contributed by atoms with Crippen LogP contribution in [0.2, 0.25) is 0 Å². The van der Waals surface area contributed by atoms with Crippen LogP contribution in [0.25, 0.3) is 0 Å². The fourth-order valence-corrected chi connectivity index (χ4v) is 0.123. The third-order valence-electron chi connectivity index (χ3n) is 1.29. The van der Waals surface area contributed by atoms with E-state index in [1.54, 1.807) is 26.8 Å². The minimum absolute atomic E-state index is 0.125. The van der Waals surface area contributed by atoms with Crippen molar-refractivity contribution >= 4 is 11.9 Å². The fraction of sp³-hybridized carbons (Fsp3) is 0.455. The monoisotopic (exact) mass is 247 g/mol. The number of aliphatic hydroxyl groups is 2. The molecule has 0 aromatic rings. The van der Waals surface area contributed by atoms with Crippen LogP contribution >= 0.6 is 0 Å². The number of nitrogens with two attached hydrogens (primary N) is 1. The molecule has 0 rings (SSSR count). The molecule has 0 bridgehead atoms. The first-order chi connectivity index (χ1) is 7.74. The highest BCUT2D eigenvalue weighted by Crippen LogP contribution is 1.87. The molecule has 0 radical (unpaired) electrons. The van der Waals surface area contributed by atoms with Crippen molar-refractivity contribution in [1.29, 1.82) is 0 Å². The molecule has 100 valence electrons. The minimum atomic E-state index is -0.845. The van der Waals surface area contributed by atoms with E-state index in [-0.39, 0.29) is 13.2 Å². The van der Waals surface area contributed by atoms with Crippen LogP contribution in [-0.4, -0.2) is 40.4 Å². The summed E-state index contributed by atoms with van der Waals surface area (Å²) in [4.78, 5) is 19.7. The maximum absolute atomic E-state index is 9.86. The van der Waals surface area contributed by atoms with Gasteiger partial charge in [-0.3, -0.25) is 4.79 Å². The number of rotatable bonds is 3. The van der Waals surface area contributed by atoms with E-state index in [4.69, 9.17) is 21.1 Å². The zero-order valence-electron chi connectivity index (χ0n) is 10.4. The van der Waals surface area contributed by atoms with Gasteiger partial charge in [-0.05, 0) is 20.8 Å². The van der Waals surface area contributed by atoms with E-state index in [2.05, 4.69) is 6.58 Å². The van der Waals surface area contributed by atoms with Crippen LogP contribution < -0.4 is 5.73 Å². The zero-order valence-corrected chi connectivity index (χ0v) is 10.4. The molecule has 17 heavy (non-hydrogen) atoms. The zero-order chi connectivity index (χ0) is 14.4. The summed E-state index contributed by atoms with van der Waals surface area (Å²) in [6, 6.07) is 0. The Balaban J connectivity index is -0.000000180. The lowest BCUT2D eigenvalue weighted by Gasteiger charge is -1.84. The standard InChI is InChI=1S/C5H8O2.C4H7NO.C2H6O2/c1-3-4(2)5(6)7;1-3(2)4(5)6;3-1-2-4/h3H,1-2H3,(H,6,7);1H2,2H3,(H2,5,6);3-4H,1-2H2. The number of carboxylic acids is 1. The smallest absolute Gasteiger partial charge is 0.330 e. The first-order valence-electron chi connectivity index (χ1n) is 4.77. The molecule has 0 aliphatic carbocycles. The Morgan fingerprint density at radius 1 is 1.24 bits per heavy atom. The van der Waals surface area contributed by atoms with Gasteiger partial charge in [0.15, 0.2) is 0 Å². The second-order valence-corrected chi connectivity index (χ2v) is 2.87. The fourth-order valence-electron chi connectivity index (χ4n) is 0.123. The number of amides is 1. The normalized spacial score (nSPS) is 9.12. The maximum Gasteiger partial charge on any atom is 0.330 e. The van der Waals surface area contributed by atoms with Crippen LogP contribution in [-0.2, 0) is 9.59 Å². The van der Waals surface area contributed by atoms with Gasteiger partial charge in [0.05, 0.1) is 13.2 Å². The Morgan fingerprint density at radius 3 is 1.53 bits per heavy atom. The van der Waals surface area contributed by atoms with Gasteiger partial charge in [-0.1, -0.05) is 12.7 Å². The van der Waals surface area contributed by atoms with Crippen molar-refractivity contribution in [2.45, 2.75) is 20.8 Å². The Hall–Kier alpha value is -1.66. The van der Waals surface area contributed by atoms with Crippen LogP contribution in [0.1, 0.15) is 20.8 Å². The minimum Gasteiger partial charge on any atom is -0.478 e. The number of primary amides is 1. The summed E-state index contributed by atoms with van der Waals surface area (Å²) in [6.45, 7) is 7.86. The van der Waals surface area contributed by atoms with Gasteiger partial charge in [0, 0.05) is 11.1 Å². The van der Waals surface area contributed by atoms with Crippen molar-refractivity contribution in [1.82, 2.24) is 0 Å². The molecule has 0 aliphatic rings. The quantitative estimate of drug-likeness (QED) is 0.525. The topological polar surface area (TPSA) is 121 Å². The Kier molecular flexibility index (Phi) is 17.5. The number of carboxylic acid groups (broad SMARTS) is 1. The molecule has 0 atom stereocenters. The molecule has 0 spiro atoms. The highest BCUT2D eigenvalue weighted by atomic mass is 16.4. The average molecular weight is 247 g/mol. The second kappa shape index (κ2) is 14.3. The summed E-state index contributed by atoms with van der Waals surface area (Å²) < 4.78 is 0. The number of aliphatic carboxylic acids is 1. The van der Waals surface area contributed by atoms with Crippen molar-refractivity contribution in [3.63, 3.8) is 0 Å². The van der Waals surface area contributed by atoms with Gasteiger partial charge in [-0.25, -0.2) is 4.79 Å². The lowest BCUT2D eigenvalue weighted by molar-refractivity contribution is -0.132. The molecule has 0 saturated carbocycles. The lowest BCUT2D eigenvalue weighted by Crippen LogP contribution is -2.10. The first kappa shape index (κ1) is 20.7. The summed E-state index contributed by atoms with van der Waals surface area (Å²) in [6.07, 6.45) is 1.56. The van der Waals surface area contributed by atoms with E-state index in [9.17, 15) is 9.59 Å². The predicted molar refractivity (Wildman–Crippen MR) is 65.2 cm³/mol. The van der Waals surface area contributed by atoms with Gasteiger partial charge >= 0.3 is 5.97 Å². The summed E-state index contributed by atoms with van der Waals surface area (Å²) in [5.74, 6) is -1.28. The van der Waals surface area contributed by atoms with Crippen LogP contribution in [0.4, 0.5) is 0 Å². The number of carbonyl (C=O) groups excluding carboxylic acids is 1. The van der Waals surface area contributed by atoms with Crippen molar-refractivity contribution in [2.75, 3.05) is 13.2 Å². The van der Waals surface area contributed by atoms with E-state index in [0.29, 0.717) is 11.1 Å². The third kappa shape index (κ3) is 25.0. The van der Waals surface area contributed by atoms with Crippen LogP contribution in [0.3, 0.4) is 0 Å². The van der Waals surface area contributed by atoms with Gasteiger partial charge in [0.1, 0.15) is 0 Å². The van der Waals surface area contributed by atoms with E-state index in [1.165, 1.54) is 0 Å². The van der Waals surface area contributed by atoms with Crippen molar-refractivity contribution in [2.24, 2.45) is 5.73 Å². The molecule has 0 fully saturated rings. The number of hydrogen-bond donors (Lipinski definition) is 4. The molecule has 0 saturated heterocycles. The maximum atomic E-state index is 9.86. The Bertz CT molecular complexity index is 257. The highest BCUT2D eigenvalue weighted by Gasteiger charge is 1.93. The highest BCUT2D eigenvalue weighted by molar-refractivity contribution is 5.90. The number of aliphatic hydroxyl groups excluding tert-OH is 2. The molecular formula is C11H21NO5. The van der Waals surface area contributed by atoms with Crippen LogP contribution in [0.15, 0.2) is 23.8 Å². The Morgan fingerprint density at radius 2 is 1.53 bits per heavy atom. The molecule has 5 N–H and O–H groups in total. The average Bonchev–Trinajstić information content (AvgIpc) is 2.28. The van der Waals surface area contributed by atoms with Gasteiger partial charge in [-0.2, -0.15) is 0 Å². The molecule has 6 nitrogen and oxygen atoms in total. The van der Waals surface area contributed by atoms with Crippen molar-refractivity contribution in [3.8, 4) is 0 Å². The first-order valence-corrected chi connectivity index (χ1v) is 4.77. The largest absolute Gasteiger partial charge is 0.478 e. The summed E-state index contributed by atoms with van der Waals surface area (Å²) in [7, 11) is 0. The summed E-state index contributed by atoms with van der Waals surface area (Å²) >= 11 is 0. The molecule has 0 unspecified atom stereocenters. The van der Waals surface area contributed by atoms with E-state index in [1.807, 2.05) is 0 Å². The second-order valence-electron chi connectivity index (χ2n) is 2.87. The van der Waals surface area contributed by atoms with Crippen molar-refractivity contribution < 1.29 is 24.9 Å². The Labute approximate surface area is 101 Å². The number of hydrogen-bond acceptors (Lipinski definition) is 4. The summed E-state index contributed by atoms with van der Waals surface area (Å²) in [5, 5.41) is 23.4. The number of allylic oxidation sites excluding steroid dienone is 1. The number of carbonyl (C=O) groups is 2. The molecule has 6 heteroatoms. The lowest BCUT2D eigenvalue weighted by atomic mass is 10.3. The van der Waals surface area contributed by atoms with E-state index >= 15 is 0 Å².